The maximum atomic E-state index is 11.3. The molecular weight excluding hydrogens is 186 g/mol. The largest absolute Gasteiger partial charge is 0.442 e. The van der Waals surface area contributed by atoms with Crippen molar-refractivity contribution in [2.45, 2.75) is 45.8 Å². The Bertz CT molecular complexity index is 184. The van der Waals surface area contributed by atoms with E-state index in [1.807, 2.05) is 0 Å². The average molecular weight is 205 g/mol. The van der Waals surface area contributed by atoms with Crippen molar-refractivity contribution in [3.63, 3.8) is 0 Å². The van der Waals surface area contributed by atoms with Crippen LogP contribution in [0, 0.1) is 0 Å². The summed E-state index contributed by atoms with van der Waals surface area (Å²) in [6.07, 6.45) is -0.370. The van der Waals surface area contributed by atoms with E-state index in [0.717, 1.165) is 0 Å². The maximum absolute atomic E-state index is 11.3. The van der Waals surface area contributed by atoms with Crippen LogP contribution >= 0.6 is 0 Å². The molecular formula is C9H19NO4. The van der Waals surface area contributed by atoms with Gasteiger partial charge in [-0.2, -0.15) is 5.06 Å². The third kappa shape index (κ3) is 4.43. The first-order chi connectivity index (χ1) is 6.31. The highest BCUT2D eigenvalue weighted by atomic mass is 16.6. The van der Waals surface area contributed by atoms with Crippen LogP contribution in [-0.4, -0.2) is 39.7 Å². The number of hydroxylamine groups is 2. The van der Waals surface area contributed by atoms with Gasteiger partial charge < -0.3 is 9.84 Å². The zero-order chi connectivity index (χ0) is 11.4. The molecule has 0 rings (SSSR count). The molecule has 0 fully saturated rings. The first-order valence-corrected chi connectivity index (χ1v) is 4.63. The van der Waals surface area contributed by atoms with Crippen LogP contribution in [0.5, 0.6) is 0 Å². The molecule has 0 saturated carbocycles. The van der Waals surface area contributed by atoms with Crippen molar-refractivity contribution in [2.24, 2.45) is 0 Å². The maximum Gasteiger partial charge on any atom is 0.434 e. The lowest BCUT2D eigenvalue weighted by Gasteiger charge is -2.27. The summed E-state index contributed by atoms with van der Waals surface area (Å²) >= 11 is 0. The second-order valence-corrected chi connectivity index (χ2v) is 4.07. The summed E-state index contributed by atoms with van der Waals surface area (Å²) in [6.45, 7) is 6.59. The molecule has 1 atom stereocenters. The standard InChI is InChI=1S/C9H19NO4/c1-5-7(6-11)10(13)8(12)14-9(2,3)4/h7,11,13H,5-6H2,1-4H3/t7-/m0/s1. The van der Waals surface area contributed by atoms with Crippen LogP contribution in [0.1, 0.15) is 34.1 Å². The van der Waals surface area contributed by atoms with E-state index < -0.39 is 17.7 Å². The van der Waals surface area contributed by atoms with E-state index in [1.165, 1.54) is 0 Å². The van der Waals surface area contributed by atoms with Gasteiger partial charge in [0.05, 0.1) is 12.6 Å². The monoisotopic (exact) mass is 205 g/mol. The van der Waals surface area contributed by atoms with Gasteiger partial charge in [-0.1, -0.05) is 6.92 Å². The third-order valence-electron chi connectivity index (χ3n) is 1.61. The van der Waals surface area contributed by atoms with Crippen molar-refractivity contribution >= 4 is 6.09 Å². The highest BCUT2D eigenvalue weighted by Crippen LogP contribution is 2.11. The number of amides is 1. The SMILES string of the molecule is CC[C@@H](CO)N(O)C(=O)OC(C)(C)C. The molecule has 14 heavy (non-hydrogen) atoms. The van der Waals surface area contributed by atoms with Crippen LogP contribution in [0.25, 0.3) is 0 Å². The summed E-state index contributed by atoms with van der Waals surface area (Å²) in [4.78, 5) is 11.3. The van der Waals surface area contributed by atoms with Gasteiger partial charge in [-0.3, -0.25) is 5.21 Å². The molecule has 0 heterocycles. The molecule has 0 aromatic rings. The van der Waals surface area contributed by atoms with Crippen LogP contribution in [0.15, 0.2) is 0 Å². The molecule has 0 radical (unpaired) electrons. The number of aliphatic hydroxyl groups is 1. The third-order valence-corrected chi connectivity index (χ3v) is 1.61. The van der Waals surface area contributed by atoms with Gasteiger partial charge in [0.1, 0.15) is 5.60 Å². The van der Waals surface area contributed by atoms with E-state index >= 15 is 0 Å². The number of hydrogen-bond acceptors (Lipinski definition) is 4. The number of hydrogen-bond donors (Lipinski definition) is 2. The van der Waals surface area contributed by atoms with Crippen molar-refractivity contribution in [3.8, 4) is 0 Å². The van der Waals surface area contributed by atoms with E-state index in [1.54, 1.807) is 27.7 Å². The van der Waals surface area contributed by atoms with E-state index in [4.69, 9.17) is 9.84 Å². The highest BCUT2D eigenvalue weighted by Gasteiger charge is 2.25. The van der Waals surface area contributed by atoms with Gasteiger partial charge in [0, 0.05) is 0 Å². The molecule has 2 N–H and O–H groups in total. The van der Waals surface area contributed by atoms with Crippen LogP contribution < -0.4 is 0 Å². The van der Waals surface area contributed by atoms with Crippen molar-refractivity contribution in [1.82, 2.24) is 5.06 Å². The topological polar surface area (TPSA) is 70.0 Å². The van der Waals surface area contributed by atoms with Gasteiger partial charge >= 0.3 is 6.09 Å². The minimum atomic E-state index is -0.835. The molecule has 0 aliphatic carbocycles. The molecule has 5 nitrogen and oxygen atoms in total. The quantitative estimate of drug-likeness (QED) is 0.539. The van der Waals surface area contributed by atoms with E-state index in [2.05, 4.69) is 0 Å². The summed E-state index contributed by atoms with van der Waals surface area (Å²) in [5, 5.41) is 18.6. The molecule has 0 aromatic carbocycles. The first kappa shape index (κ1) is 13.2. The van der Waals surface area contributed by atoms with E-state index in [9.17, 15) is 10.0 Å². The highest BCUT2D eigenvalue weighted by molar-refractivity contribution is 5.67. The smallest absolute Gasteiger partial charge is 0.434 e. The summed E-state index contributed by atoms with van der Waals surface area (Å²) in [7, 11) is 0. The lowest BCUT2D eigenvalue weighted by atomic mass is 10.2. The van der Waals surface area contributed by atoms with Crippen LogP contribution in [0.3, 0.4) is 0 Å². The number of nitrogens with zero attached hydrogens (tertiary/aromatic N) is 1. The molecule has 0 aliphatic heterocycles. The Balaban J connectivity index is 4.24. The zero-order valence-electron chi connectivity index (χ0n) is 9.15. The van der Waals surface area contributed by atoms with Crippen molar-refractivity contribution in [1.29, 1.82) is 0 Å². The number of rotatable bonds is 3. The van der Waals surface area contributed by atoms with Crippen LogP contribution in [0.2, 0.25) is 0 Å². The molecule has 84 valence electrons. The Labute approximate surface area is 84.2 Å². The predicted molar refractivity (Wildman–Crippen MR) is 51.0 cm³/mol. The Morgan fingerprint density at radius 2 is 2.00 bits per heavy atom. The molecule has 5 heteroatoms. The summed E-state index contributed by atoms with van der Waals surface area (Å²) in [5.41, 5.74) is -0.647. The molecule has 0 aliphatic rings. The Kier molecular flexibility index (Phi) is 4.87. The van der Waals surface area contributed by atoms with Gasteiger partial charge in [0.15, 0.2) is 0 Å². The first-order valence-electron chi connectivity index (χ1n) is 4.63. The number of aliphatic hydroxyl groups excluding tert-OH is 1. The second-order valence-electron chi connectivity index (χ2n) is 4.07. The van der Waals surface area contributed by atoms with Gasteiger partial charge in [-0.25, -0.2) is 4.79 Å². The fourth-order valence-electron chi connectivity index (χ4n) is 0.837. The zero-order valence-corrected chi connectivity index (χ0v) is 9.15. The number of carbonyl (C=O) groups excluding carboxylic acids is 1. The predicted octanol–water partition coefficient (Wildman–Crippen LogP) is 1.38. The normalized spacial score (nSPS) is 13.6. The number of carbonyl (C=O) groups is 1. The van der Waals surface area contributed by atoms with Gasteiger partial charge in [-0.15, -0.1) is 0 Å². The molecule has 0 unspecified atom stereocenters. The molecule has 0 aromatic heterocycles. The van der Waals surface area contributed by atoms with E-state index in [-0.39, 0.29) is 6.61 Å². The Hall–Kier alpha value is -0.810. The fraction of sp³-hybridized carbons (Fsp3) is 0.889. The van der Waals surface area contributed by atoms with Crippen molar-refractivity contribution in [3.05, 3.63) is 0 Å². The van der Waals surface area contributed by atoms with Crippen LogP contribution in [-0.2, 0) is 4.74 Å². The lowest BCUT2D eigenvalue weighted by Crippen LogP contribution is -2.42. The lowest BCUT2D eigenvalue weighted by molar-refractivity contribution is -0.129. The summed E-state index contributed by atoms with van der Waals surface area (Å²) in [6, 6.07) is -0.607. The second kappa shape index (κ2) is 5.17. The average Bonchev–Trinajstić information content (AvgIpc) is 2.03. The molecule has 0 saturated heterocycles. The molecule has 0 bridgehead atoms. The minimum absolute atomic E-state index is 0.285. The summed E-state index contributed by atoms with van der Waals surface area (Å²) < 4.78 is 4.91. The van der Waals surface area contributed by atoms with Gasteiger partial charge in [0.2, 0.25) is 0 Å². The molecule has 1 amide bonds. The fourth-order valence-corrected chi connectivity index (χ4v) is 0.837. The Morgan fingerprint density at radius 3 is 2.29 bits per heavy atom. The van der Waals surface area contributed by atoms with E-state index in [0.29, 0.717) is 11.5 Å². The van der Waals surface area contributed by atoms with Crippen LogP contribution in [0.4, 0.5) is 4.79 Å². The van der Waals surface area contributed by atoms with Gasteiger partial charge in [-0.05, 0) is 27.2 Å². The number of ether oxygens (including phenoxy) is 1. The Morgan fingerprint density at radius 1 is 1.50 bits per heavy atom. The molecule has 0 spiro atoms. The van der Waals surface area contributed by atoms with Gasteiger partial charge in [0.25, 0.3) is 0 Å². The summed E-state index contributed by atoms with van der Waals surface area (Å²) in [5.74, 6) is 0. The minimum Gasteiger partial charge on any atom is -0.442 e. The van der Waals surface area contributed by atoms with Crippen molar-refractivity contribution in [2.75, 3.05) is 6.61 Å². The van der Waals surface area contributed by atoms with Crippen molar-refractivity contribution < 1.29 is 19.8 Å².